The molecule has 2 heterocycles. The van der Waals surface area contributed by atoms with Gasteiger partial charge in [0, 0.05) is 39.0 Å². The summed E-state index contributed by atoms with van der Waals surface area (Å²) in [5, 5.41) is 26.7. The predicted octanol–water partition coefficient (Wildman–Crippen LogP) is 0.995. The second-order valence-corrected chi connectivity index (χ2v) is 10.9. The Morgan fingerprint density at radius 2 is 2.06 bits per heavy atom. The van der Waals surface area contributed by atoms with E-state index in [1.54, 1.807) is 22.7 Å². The third-order valence-corrected chi connectivity index (χ3v) is 8.11. The fourth-order valence-electron chi connectivity index (χ4n) is 3.98. The van der Waals surface area contributed by atoms with Gasteiger partial charge in [-0.05, 0) is 37.6 Å². The number of fused-ring (bicyclic) bond motifs is 1. The number of amides is 1. The maximum Gasteiger partial charge on any atom is 0.242 e. The second-order valence-electron chi connectivity index (χ2n) is 8.88. The van der Waals surface area contributed by atoms with Crippen LogP contribution < -0.4 is 0 Å². The number of nitrogens with zero attached hydrogens (tertiary/aromatic N) is 6. The molecule has 1 aromatic carbocycles. The van der Waals surface area contributed by atoms with Crippen molar-refractivity contribution in [3.05, 3.63) is 41.7 Å². The second kappa shape index (κ2) is 11.7. The van der Waals surface area contributed by atoms with E-state index in [-0.39, 0.29) is 42.5 Å². The molecule has 0 bridgehead atoms. The molecule has 11 nitrogen and oxygen atoms in total. The summed E-state index contributed by atoms with van der Waals surface area (Å²) in [5.74, 6) is -0.326. The molecule has 1 aromatic heterocycles. The van der Waals surface area contributed by atoms with Crippen LogP contribution in [-0.2, 0) is 32.7 Å². The van der Waals surface area contributed by atoms with E-state index in [1.807, 2.05) is 13.0 Å². The standard InChI is InChI=1S/C23H32N6O5S/c1-17-13-28(18(2)15-30)23(31)5-4-10-29-20(12-25-26-29)16-34-22(17)14-27(3)35(32,33)21-8-6-19(11-24)7-9-21/h6-9,12,17-18,22,30H,4-5,10,13-16H2,1-3H3/t17-,18-,22-/m0/s1. The lowest BCUT2D eigenvalue weighted by Gasteiger charge is -2.35. The van der Waals surface area contributed by atoms with E-state index in [0.717, 1.165) is 5.69 Å². The Kier molecular flexibility index (Phi) is 8.96. The molecule has 1 amide bonds. The van der Waals surface area contributed by atoms with Gasteiger partial charge >= 0.3 is 0 Å². The van der Waals surface area contributed by atoms with Crippen LogP contribution in [-0.4, -0.2) is 82.5 Å². The van der Waals surface area contributed by atoms with Crippen molar-refractivity contribution in [2.75, 3.05) is 26.7 Å². The Labute approximate surface area is 205 Å². The van der Waals surface area contributed by atoms with Crippen molar-refractivity contribution in [1.82, 2.24) is 24.2 Å². The molecule has 35 heavy (non-hydrogen) atoms. The van der Waals surface area contributed by atoms with Crippen LogP contribution in [0.25, 0.3) is 0 Å². The number of aliphatic hydroxyl groups is 1. The number of hydrogen-bond acceptors (Lipinski definition) is 8. The van der Waals surface area contributed by atoms with Crippen molar-refractivity contribution in [2.24, 2.45) is 5.92 Å². The summed E-state index contributed by atoms with van der Waals surface area (Å²) >= 11 is 0. The van der Waals surface area contributed by atoms with Gasteiger partial charge in [-0.25, -0.2) is 13.1 Å². The minimum atomic E-state index is -3.84. The topological polar surface area (TPSA) is 142 Å². The van der Waals surface area contributed by atoms with Crippen LogP contribution in [0, 0.1) is 17.2 Å². The number of carbonyl (C=O) groups excluding carboxylic acids is 1. The first-order valence-electron chi connectivity index (χ1n) is 11.5. The maximum absolute atomic E-state index is 13.2. The number of benzene rings is 1. The summed E-state index contributed by atoms with van der Waals surface area (Å²) < 4.78 is 35.5. The number of aliphatic hydroxyl groups excluding tert-OH is 1. The molecule has 0 fully saturated rings. The molecular formula is C23H32N6O5S. The molecule has 1 N–H and O–H groups in total. The Bertz CT molecular complexity index is 1140. The monoisotopic (exact) mass is 504 g/mol. The average Bonchev–Trinajstić information content (AvgIpc) is 3.30. The van der Waals surface area contributed by atoms with Gasteiger partial charge in [-0.1, -0.05) is 12.1 Å². The van der Waals surface area contributed by atoms with Gasteiger partial charge in [0.05, 0.1) is 53.8 Å². The highest BCUT2D eigenvalue weighted by molar-refractivity contribution is 7.89. The van der Waals surface area contributed by atoms with Gasteiger partial charge in [0.15, 0.2) is 0 Å². The molecule has 0 unspecified atom stereocenters. The Hall–Kier alpha value is -2.85. The van der Waals surface area contributed by atoms with E-state index in [1.165, 1.54) is 35.6 Å². The molecule has 12 heteroatoms. The first-order chi connectivity index (χ1) is 16.7. The quantitative estimate of drug-likeness (QED) is 0.614. The van der Waals surface area contributed by atoms with E-state index in [2.05, 4.69) is 10.3 Å². The fourth-order valence-corrected chi connectivity index (χ4v) is 5.16. The van der Waals surface area contributed by atoms with Gasteiger partial charge in [0.25, 0.3) is 0 Å². The largest absolute Gasteiger partial charge is 0.394 e. The molecule has 3 rings (SSSR count). The number of likely N-dealkylation sites (N-methyl/N-ethyl adjacent to an activating group) is 1. The van der Waals surface area contributed by atoms with E-state index < -0.39 is 16.1 Å². The van der Waals surface area contributed by atoms with Crippen molar-refractivity contribution < 1.29 is 23.1 Å². The van der Waals surface area contributed by atoms with Gasteiger partial charge in [-0.15, -0.1) is 5.10 Å². The van der Waals surface area contributed by atoms with Crippen LogP contribution in [0.4, 0.5) is 0 Å². The summed E-state index contributed by atoms with van der Waals surface area (Å²) in [6.07, 6.45) is 1.92. The van der Waals surface area contributed by atoms with E-state index in [4.69, 9.17) is 10.00 Å². The first kappa shape index (κ1) is 26.7. The first-order valence-corrected chi connectivity index (χ1v) is 13.0. The third kappa shape index (κ3) is 6.43. The van der Waals surface area contributed by atoms with Gasteiger partial charge in [0.1, 0.15) is 0 Å². The van der Waals surface area contributed by atoms with Crippen LogP contribution in [0.3, 0.4) is 0 Å². The summed E-state index contributed by atoms with van der Waals surface area (Å²) in [6, 6.07) is 7.33. The summed E-state index contributed by atoms with van der Waals surface area (Å²) in [7, 11) is -2.36. The highest BCUT2D eigenvalue weighted by Gasteiger charge is 2.31. The molecule has 0 spiro atoms. The van der Waals surface area contributed by atoms with Gasteiger partial charge in [0.2, 0.25) is 15.9 Å². The van der Waals surface area contributed by atoms with Gasteiger partial charge in [-0.3, -0.25) is 4.79 Å². The molecule has 0 aliphatic carbocycles. The number of rotatable bonds is 6. The number of nitriles is 1. The van der Waals surface area contributed by atoms with Crippen molar-refractivity contribution in [2.45, 2.75) is 56.9 Å². The zero-order valence-corrected chi connectivity index (χ0v) is 21.1. The van der Waals surface area contributed by atoms with E-state index in [0.29, 0.717) is 31.5 Å². The number of hydrogen-bond donors (Lipinski definition) is 1. The highest BCUT2D eigenvalue weighted by atomic mass is 32.2. The third-order valence-electron chi connectivity index (χ3n) is 6.27. The summed E-state index contributed by atoms with van der Waals surface area (Å²) in [4.78, 5) is 14.7. The lowest BCUT2D eigenvalue weighted by atomic mass is 10.0. The van der Waals surface area contributed by atoms with Crippen LogP contribution in [0.15, 0.2) is 35.4 Å². The highest BCUT2D eigenvalue weighted by Crippen LogP contribution is 2.21. The number of sulfonamides is 1. The average molecular weight is 505 g/mol. The lowest BCUT2D eigenvalue weighted by molar-refractivity contribution is -0.136. The lowest BCUT2D eigenvalue weighted by Crippen LogP contribution is -2.47. The number of aryl methyl sites for hydroxylation is 1. The number of ether oxygens (including phenoxy) is 1. The predicted molar refractivity (Wildman–Crippen MR) is 126 cm³/mol. The molecule has 0 saturated carbocycles. The van der Waals surface area contributed by atoms with Crippen molar-refractivity contribution in [3.63, 3.8) is 0 Å². The zero-order valence-electron chi connectivity index (χ0n) is 20.2. The van der Waals surface area contributed by atoms with Crippen LogP contribution in [0.5, 0.6) is 0 Å². The van der Waals surface area contributed by atoms with Crippen molar-refractivity contribution >= 4 is 15.9 Å². The minimum absolute atomic E-state index is 0.0423. The molecule has 190 valence electrons. The molecule has 3 atom stereocenters. The van der Waals surface area contributed by atoms with Crippen LogP contribution >= 0.6 is 0 Å². The van der Waals surface area contributed by atoms with Gasteiger partial charge in [-0.2, -0.15) is 9.57 Å². The van der Waals surface area contributed by atoms with E-state index >= 15 is 0 Å². The normalized spacial score (nSPS) is 21.0. The fraction of sp³-hybridized carbons (Fsp3) is 0.565. The molecule has 0 radical (unpaired) electrons. The Morgan fingerprint density at radius 1 is 1.34 bits per heavy atom. The van der Waals surface area contributed by atoms with E-state index in [9.17, 15) is 18.3 Å². The zero-order chi connectivity index (χ0) is 25.6. The molecule has 1 aliphatic heterocycles. The molecular weight excluding hydrogens is 472 g/mol. The summed E-state index contributed by atoms with van der Waals surface area (Å²) in [5.41, 5.74) is 1.12. The number of aromatic nitrogens is 3. The smallest absolute Gasteiger partial charge is 0.242 e. The van der Waals surface area contributed by atoms with Gasteiger partial charge < -0.3 is 14.7 Å². The molecule has 2 aromatic rings. The Morgan fingerprint density at radius 3 is 2.71 bits per heavy atom. The Balaban J connectivity index is 1.86. The SMILES string of the molecule is C[C@H]1CN([C@@H](C)CO)C(=O)CCCn2nncc2CO[C@H]1CN(C)S(=O)(=O)c1ccc(C#N)cc1. The van der Waals surface area contributed by atoms with Crippen LogP contribution in [0.2, 0.25) is 0 Å². The van der Waals surface area contributed by atoms with Crippen LogP contribution in [0.1, 0.15) is 37.9 Å². The minimum Gasteiger partial charge on any atom is -0.394 e. The molecule has 1 aliphatic rings. The molecule has 0 saturated heterocycles. The summed E-state index contributed by atoms with van der Waals surface area (Å²) in [6.45, 7) is 4.55. The van der Waals surface area contributed by atoms with Crippen molar-refractivity contribution in [3.8, 4) is 6.07 Å². The van der Waals surface area contributed by atoms with Crippen molar-refractivity contribution in [1.29, 1.82) is 5.26 Å². The maximum atomic E-state index is 13.2. The number of carbonyl (C=O) groups is 1.